The van der Waals surface area contributed by atoms with Crippen molar-refractivity contribution >= 4 is 0 Å². The quantitative estimate of drug-likeness (QED) is 0.801. The van der Waals surface area contributed by atoms with Gasteiger partial charge in [0.05, 0.1) is 25.7 Å². The molecule has 4 rings (SSSR count). The molecule has 0 radical (unpaired) electrons. The van der Waals surface area contributed by atoms with E-state index < -0.39 is 0 Å². The number of H-pyrrole nitrogens is 1. The van der Waals surface area contributed by atoms with Crippen molar-refractivity contribution in [2.75, 3.05) is 7.11 Å². The van der Waals surface area contributed by atoms with E-state index in [1.807, 2.05) is 24.5 Å². The van der Waals surface area contributed by atoms with Gasteiger partial charge in [-0.05, 0) is 26.0 Å². The van der Waals surface area contributed by atoms with Crippen molar-refractivity contribution in [3.8, 4) is 23.0 Å². The largest absolute Gasteiger partial charge is 0.497 e. The number of nitrogens with one attached hydrogen (secondary N) is 1. The number of benzene rings is 1. The average Bonchev–Trinajstić information content (AvgIpc) is 3.23. The number of aromatic amines is 1. The van der Waals surface area contributed by atoms with Gasteiger partial charge >= 0.3 is 0 Å². The predicted molar refractivity (Wildman–Crippen MR) is 90.3 cm³/mol. The summed E-state index contributed by atoms with van der Waals surface area (Å²) in [6.45, 7) is 4.21. The molecule has 1 aromatic carbocycles. The fraction of sp³-hybridized carbons (Fsp3) is 0.333. The maximum Gasteiger partial charge on any atom is 0.158 e. The minimum atomic E-state index is -0.278. The van der Waals surface area contributed by atoms with Crippen LogP contribution in [-0.2, 0) is 0 Å². The molecule has 6 heteroatoms. The summed E-state index contributed by atoms with van der Waals surface area (Å²) in [4.78, 5) is 11.8. The summed E-state index contributed by atoms with van der Waals surface area (Å²) in [6, 6.07) is 6.14. The van der Waals surface area contributed by atoms with E-state index in [1.165, 1.54) is 0 Å². The molecule has 0 amide bonds. The molecule has 0 saturated heterocycles. The van der Waals surface area contributed by atoms with Gasteiger partial charge in [0.1, 0.15) is 22.8 Å². The van der Waals surface area contributed by atoms with Crippen molar-refractivity contribution in [3.63, 3.8) is 0 Å². The van der Waals surface area contributed by atoms with Crippen molar-refractivity contribution in [1.82, 2.24) is 19.5 Å². The molecule has 0 aliphatic carbocycles. The molecule has 1 atom stereocenters. The highest BCUT2D eigenvalue weighted by molar-refractivity contribution is 5.51. The maximum absolute atomic E-state index is 6.19. The molecular formula is C18H20N4O2. The number of ether oxygens (including phenoxy) is 2. The summed E-state index contributed by atoms with van der Waals surface area (Å²) in [5.41, 5.74) is 1.76. The Morgan fingerprint density at radius 1 is 1.38 bits per heavy atom. The molecule has 24 heavy (non-hydrogen) atoms. The van der Waals surface area contributed by atoms with Gasteiger partial charge in [0.25, 0.3) is 0 Å². The van der Waals surface area contributed by atoms with E-state index in [0.717, 1.165) is 35.0 Å². The number of aromatic nitrogens is 4. The van der Waals surface area contributed by atoms with Gasteiger partial charge in [0.15, 0.2) is 5.82 Å². The van der Waals surface area contributed by atoms with Gasteiger partial charge in [-0.3, -0.25) is 0 Å². The number of methoxy groups -OCH3 is 1. The summed E-state index contributed by atoms with van der Waals surface area (Å²) in [7, 11) is 1.67. The van der Waals surface area contributed by atoms with Crippen molar-refractivity contribution in [2.24, 2.45) is 0 Å². The van der Waals surface area contributed by atoms with Crippen LogP contribution < -0.4 is 9.47 Å². The molecule has 1 unspecified atom stereocenters. The van der Waals surface area contributed by atoms with E-state index in [9.17, 15) is 0 Å². The molecule has 3 aromatic rings. The lowest BCUT2D eigenvalue weighted by Gasteiger charge is -2.38. The first-order valence-electron chi connectivity index (χ1n) is 7.96. The first-order valence-corrected chi connectivity index (χ1v) is 7.96. The monoisotopic (exact) mass is 324 g/mol. The first kappa shape index (κ1) is 14.8. The first-order chi connectivity index (χ1) is 11.6. The topological polar surface area (TPSA) is 65.0 Å². The summed E-state index contributed by atoms with van der Waals surface area (Å²) in [6.07, 6.45) is 8.14. The molecule has 0 saturated carbocycles. The van der Waals surface area contributed by atoms with Gasteiger partial charge in [0, 0.05) is 30.4 Å². The minimum absolute atomic E-state index is 0.135. The second-order valence-corrected chi connectivity index (χ2v) is 6.61. The summed E-state index contributed by atoms with van der Waals surface area (Å²) >= 11 is 0. The zero-order valence-electron chi connectivity index (χ0n) is 14.0. The Labute approximate surface area is 140 Å². The second kappa shape index (κ2) is 5.40. The molecule has 2 aromatic heterocycles. The number of hydrogen-bond donors (Lipinski definition) is 1. The third kappa shape index (κ3) is 2.44. The van der Waals surface area contributed by atoms with Gasteiger partial charge in [-0.15, -0.1) is 0 Å². The number of nitrogens with zero attached hydrogens (tertiary/aromatic N) is 3. The summed E-state index contributed by atoms with van der Waals surface area (Å²) in [5.74, 6) is 2.53. The highest BCUT2D eigenvalue weighted by Crippen LogP contribution is 2.44. The Morgan fingerprint density at radius 3 is 3.00 bits per heavy atom. The van der Waals surface area contributed by atoms with Crippen LogP contribution in [0.25, 0.3) is 11.5 Å². The van der Waals surface area contributed by atoms with E-state index in [0.29, 0.717) is 0 Å². The van der Waals surface area contributed by atoms with Gasteiger partial charge in [-0.2, -0.15) is 0 Å². The van der Waals surface area contributed by atoms with E-state index in [4.69, 9.17) is 9.47 Å². The normalized spacial score (nSPS) is 18.7. The highest BCUT2D eigenvalue weighted by Gasteiger charge is 2.35. The SMILES string of the molecule is COc1ccc2c(c1)OC(C)(C)CC2n1ccnc1-c1cnc[nH]1. The van der Waals surface area contributed by atoms with E-state index in [1.54, 1.807) is 19.6 Å². The molecule has 0 bridgehead atoms. The van der Waals surface area contributed by atoms with Gasteiger partial charge < -0.3 is 19.0 Å². The van der Waals surface area contributed by atoms with Crippen LogP contribution in [0.15, 0.2) is 43.1 Å². The van der Waals surface area contributed by atoms with Crippen LogP contribution in [0.4, 0.5) is 0 Å². The zero-order valence-corrected chi connectivity index (χ0v) is 14.0. The molecule has 1 aliphatic heterocycles. The molecule has 124 valence electrons. The van der Waals surface area contributed by atoms with Crippen LogP contribution in [0, 0.1) is 0 Å². The third-order valence-corrected chi connectivity index (χ3v) is 4.39. The van der Waals surface area contributed by atoms with Crippen LogP contribution >= 0.6 is 0 Å². The molecule has 6 nitrogen and oxygen atoms in total. The maximum atomic E-state index is 6.19. The Hall–Kier alpha value is -2.76. The summed E-state index contributed by atoms with van der Waals surface area (Å²) < 4.78 is 13.7. The smallest absolute Gasteiger partial charge is 0.158 e. The molecule has 3 heterocycles. The number of hydrogen-bond acceptors (Lipinski definition) is 4. The molecular weight excluding hydrogens is 304 g/mol. The van der Waals surface area contributed by atoms with Crippen LogP contribution in [0.5, 0.6) is 11.5 Å². The van der Waals surface area contributed by atoms with E-state index in [2.05, 4.69) is 39.4 Å². The Bertz CT molecular complexity index is 852. The molecule has 0 spiro atoms. The van der Waals surface area contributed by atoms with Crippen molar-refractivity contribution in [3.05, 3.63) is 48.7 Å². The van der Waals surface area contributed by atoms with E-state index in [-0.39, 0.29) is 11.6 Å². The Morgan fingerprint density at radius 2 is 2.25 bits per heavy atom. The lowest BCUT2D eigenvalue weighted by Crippen LogP contribution is -2.37. The zero-order chi connectivity index (χ0) is 16.7. The van der Waals surface area contributed by atoms with Crippen LogP contribution in [0.3, 0.4) is 0 Å². The van der Waals surface area contributed by atoms with Gasteiger partial charge in [-0.25, -0.2) is 9.97 Å². The van der Waals surface area contributed by atoms with Crippen LogP contribution in [0.2, 0.25) is 0 Å². The summed E-state index contributed by atoms with van der Waals surface area (Å²) in [5, 5.41) is 0. The lowest BCUT2D eigenvalue weighted by molar-refractivity contribution is 0.0670. The van der Waals surface area contributed by atoms with Crippen molar-refractivity contribution in [1.29, 1.82) is 0 Å². The lowest BCUT2D eigenvalue weighted by atomic mass is 9.89. The fourth-order valence-corrected chi connectivity index (χ4v) is 3.32. The molecule has 1 aliphatic rings. The third-order valence-electron chi connectivity index (χ3n) is 4.39. The highest BCUT2D eigenvalue weighted by atomic mass is 16.5. The average molecular weight is 324 g/mol. The van der Waals surface area contributed by atoms with Crippen molar-refractivity contribution in [2.45, 2.75) is 31.9 Å². The van der Waals surface area contributed by atoms with Crippen LogP contribution in [0.1, 0.15) is 31.9 Å². The standard InChI is InChI=1S/C18H20N4O2/c1-18(2)9-15(13-5-4-12(23-3)8-16(13)24-18)22-7-6-20-17(22)14-10-19-11-21-14/h4-8,10-11,15H,9H2,1-3H3,(H,19,21). The number of fused-ring (bicyclic) bond motifs is 1. The predicted octanol–water partition coefficient (Wildman–Crippen LogP) is 3.43. The van der Waals surface area contributed by atoms with Crippen molar-refractivity contribution < 1.29 is 9.47 Å². The fourth-order valence-electron chi connectivity index (χ4n) is 3.32. The Balaban J connectivity index is 1.84. The van der Waals surface area contributed by atoms with E-state index >= 15 is 0 Å². The van der Waals surface area contributed by atoms with Gasteiger partial charge in [-0.1, -0.05) is 0 Å². The number of imidazole rings is 2. The minimum Gasteiger partial charge on any atom is -0.497 e. The Kier molecular flexibility index (Phi) is 3.33. The second-order valence-electron chi connectivity index (χ2n) is 6.61. The molecule has 1 N–H and O–H groups in total. The number of rotatable bonds is 3. The van der Waals surface area contributed by atoms with Crippen LogP contribution in [-0.4, -0.2) is 32.2 Å². The van der Waals surface area contributed by atoms with Gasteiger partial charge in [0.2, 0.25) is 0 Å². The molecule has 0 fully saturated rings.